The summed E-state index contributed by atoms with van der Waals surface area (Å²) in [7, 11) is -4.22. The van der Waals surface area contributed by atoms with E-state index in [2.05, 4.69) is 4.72 Å². The zero-order valence-corrected chi connectivity index (χ0v) is 13.9. The van der Waals surface area contributed by atoms with E-state index in [1.165, 1.54) is 12.1 Å². The number of rotatable bonds is 5. The first kappa shape index (κ1) is 16.4. The SMILES string of the molecule is NC(=O)c1c(NS(=O)(=O)c2ccccc2[N+](=O)[O-])sc2c1CCC2. The lowest BCUT2D eigenvalue weighted by atomic mass is 10.1. The molecule has 8 nitrogen and oxygen atoms in total. The average molecular weight is 367 g/mol. The summed E-state index contributed by atoms with van der Waals surface area (Å²) in [4.78, 5) is 22.5. The Balaban J connectivity index is 2.06. The smallest absolute Gasteiger partial charge is 0.289 e. The summed E-state index contributed by atoms with van der Waals surface area (Å²) in [6.07, 6.45) is 2.31. The molecule has 0 aliphatic heterocycles. The van der Waals surface area contributed by atoms with Gasteiger partial charge in [-0.25, -0.2) is 8.42 Å². The van der Waals surface area contributed by atoms with Gasteiger partial charge < -0.3 is 5.73 Å². The van der Waals surface area contributed by atoms with Gasteiger partial charge in [-0.1, -0.05) is 12.1 Å². The van der Waals surface area contributed by atoms with E-state index in [1.54, 1.807) is 0 Å². The van der Waals surface area contributed by atoms with E-state index in [1.807, 2.05) is 0 Å². The van der Waals surface area contributed by atoms with Crippen molar-refractivity contribution in [2.45, 2.75) is 24.2 Å². The monoisotopic (exact) mass is 367 g/mol. The maximum atomic E-state index is 12.6. The molecule has 0 bridgehead atoms. The number of nitrogens with two attached hydrogens (primary N) is 1. The van der Waals surface area contributed by atoms with E-state index in [4.69, 9.17) is 5.73 Å². The van der Waals surface area contributed by atoms with Crippen molar-refractivity contribution in [1.82, 2.24) is 0 Å². The predicted octanol–water partition coefficient (Wildman–Crippen LogP) is 2.04. The van der Waals surface area contributed by atoms with Crippen LogP contribution in [0.1, 0.15) is 27.2 Å². The summed E-state index contributed by atoms with van der Waals surface area (Å²) in [6, 6.07) is 5.03. The van der Waals surface area contributed by atoms with E-state index < -0.39 is 31.4 Å². The number of amides is 1. The first-order valence-corrected chi connectivity index (χ1v) is 9.32. The highest BCUT2D eigenvalue weighted by atomic mass is 32.2. The van der Waals surface area contributed by atoms with E-state index in [-0.39, 0.29) is 10.6 Å². The Hall–Kier alpha value is -2.46. The Morgan fingerprint density at radius 1 is 1.29 bits per heavy atom. The largest absolute Gasteiger partial charge is 0.365 e. The van der Waals surface area contributed by atoms with Gasteiger partial charge >= 0.3 is 0 Å². The fraction of sp³-hybridized carbons (Fsp3) is 0.214. The number of nitrogens with zero attached hydrogens (tertiary/aromatic N) is 1. The second kappa shape index (κ2) is 5.87. The van der Waals surface area contributed by atoms with Crippen molar-refractivity contribution < 1.29 is 18.1 Å². The van der Waals surface area contributed by atoms with Crippen molar-refractivity contribution in [2.24, 2.45) is 5.73 Å². The lowest BCUT2D eigenvalue weighted by Crippen LogP contribution is -2.18. The third-order valence-electron chi connectivity index (χ3n) is 3.75. The number of sulfonamides is 1. The first-order valence-electron chi connectivity index (χ1n) is 7.02. The van der Waals surface area contributed by atoms with Crippen molar-refractivity contribution >= 4 is 38.0 Å². The van der Waals surface area contributed by atoms with Crippen LogP contribution in [0.4, 0.5) is 10.7 Å². The molecular formula is C14H13N3O5S2. The molecule has 3 N–H and O–H groups in total. The van der Waals surface area contributed by atoms with Crippen molar-refractivity contribution in [1.29, 1.82) is 0 Å². The molecule has 1 amide bonds. The standard InChI is InChI=1S/C14H13N3O5S2/c15-13(18)12-8-4-3-6-10(8)23-14(12)16-24(21,22)11-7-2-1-5-9(11)17(19)20/h1-2,5,7,16H,3-4,6H2,(H2,15,18). The zero-order chi connectivity index (χ0) is 17.5. The number of carbonyl (C=O) groups excluding carboxylic acids is 1. The van der Waals surface area contributed by atoms with Gasteiger partial charge in [0.05, 0.1) is 10.5 Å². The predicted molar refractivity (Wildman–Crippen MR) is 88.8 cm³/mol. The van der Waals surface area contributed by atoms with E-state index in [0.29, 0.717) is 6.42 Å². The maximum Gasteiger partial charge on any atom is 0.289 e. The van der Waals surface area contributed by atoms with Crippen LogP contribution >= 0.6 is 11.3 Å². The molecule has 0 saturated heterocycles. The van der Waals surface area contributed by atoms with Gasteiger partial charge in [0.2, 0.25) is 0 Å². The van der Waals surface area contributed by atoms with Gasteiger partial charge in [-0.05, 0) is 30.9 Å². The summed E-state index contributed by atoms with van der Waals surface area (Å²) >= 11 is 1.15. The molecule has 1 heterocycles. The van der Waals surface area contributed by atoms with Crippen LogP contribution in [0.5, 0.6) is 0 Å². The first-order chi connectivity index (χ1) is 11.3. The molecule has 1 aromatic heterocycles. The van der Waals surface area contributed by atoms with Crippen LogP contribution in [0, 0.1) is 10.1 Å². The molecule has 0 radical (unpaired) electrons. The minimum absolute atomic E-state index is 0.116. The number of para-hydroxylation sites is 1. The highest BCUT2D eigenvalue weighted by Gasteiger charge is 2.30. The molecular weight excluding hydrogens is 354 g/mol. The number of thiophene rings is 1. The molecule has 126 valence electrons. The number of anilines is 1. The minimum atomic E-state index is -4.22. The fourth-order valence-electron chi connectivity index (χ4n) is 2.75. The van der Waals surface area contributed by atoms with Crippen molar-refractivity contribution in [3.8, 4) is 0 Å². The van der Waals surface area contributed by atoms with E-state index in [0.717, 1.165) is 46.8 Å². The summed E-state index contributed by atoms with van der Waals surface area (Å²) in [5.74, 6) is -0.713. The number of carbonyl (C=O) groups is 1. The molecule has 2 aromatic rings. The Kier molecular flexibility index (Phi) is 4.01. The number of hydrogen-bond donors (Lipinski definition) is 2. The van der Waals surface area contributed by atoms with Gasteiger partial charge in [0.1, 0.15) is 5.00 Å². The van der Waals surface area contributed by atoms with Gasteiger partial charge in [-0.3, -0.25) is 19.6 Å². The second-order valence-electron chi connectivity index (χ2n) is 5.26. The number of hydrogen-bond acceptors (Lipinski definition) is 6. The molecule has 0 unspecified atom stereocenters. The topological polar surface area (TPSA) is 132 Å². The molecule has 10 heteroatoms. The van der Waals surface area contributed by atoms with Crippen molar-refractivity contribution in [3.05, 3.63) is 50.4 Å². The molecule has 1 aliphatic rings. The van der Waals surface area contributed by atoms with Crippen molar-refractivity contribution in [2.75, 3.05) is 4.72 Å². The molecule has 3 rings (SSSR count). The zero-order valence-electron chi connectivity index (χ0n) is 12.3. The third kappa shape index (κ3) is 2.74. The summed E-state index contributed by atoms with van der Waals surface area (Å²) in [5.41, 5.74) is 5.79. The van der Waals surface area contributed by atoms with Crippen LogP contribution < -0.4 is 10.5 Å². The molecule has 0 fully saturated rings. The van der Waals surface area contributed by atoms with Gasteiger partial charge in [0.15, 0.2) is 4.90 Å². The Morgan fingerprint density at radius 2 is 2.00 bits per heavy atom. The highest BCUT2D eigenvalue weighted by molar-refractivity contribution is 7.93. The Morgan fingerprint density at radius 3 is 2.67 bits per heavy atom. The number of aryl methyl sites for hydroxylation is 1. The normalized spacial score (nSPS) is 13.5. The number of primary amides is 1. The van der Waals surface area contributed by atoms with Crippen LogP contribution in [-0.4, -0.2) is 19.2 Å². The quantitative estimate of drug-likeness (QED) is 0.616. The fourth-order valence-corrected chi connectivity index (χ4v) is 5.52. The van der Waals surface area contributed by atoms with Gasteiger partial charge in [0, 0.05) is 10.9 Å². The molecule has 0 spiro atoms. The average Bonchev–Trinajstić information content (AvgIpc) is 3.06. The van der Waals surface area contributed by atoms with Crippen LogP contribution in [0.3, 0.4) is 0 Å². The van der Waals surface area contributed by atoms with Gasteiger partial charge in [-0.15, -0.1) is 11.3 Å². The summed E-state index contributed by atoms with van der Waals surface area (Å²) in [6.45, 7) is 0. The maximum absolute atomic E-state index is 12.6. The Labute approximate surface area is 141 Å². The second-order valence-corrected chi connectivity index (χ2v) is 8.01. The van der Waals surface area contributed by atoms with Crippen LogP contribution in [0.25, 0.3) is 0 Å². The summed E-state index contributed by atoms with van der Waals surface area (Å²) in [5, 5.41) is 11.2. The molecule has 0 saturated carbocycles. The van der Waals surface area contributed by atoms with Crippen LogP contribution in [0.15, 0.2) is 29.2 Å². The van der Waals surface area contributed by atoms with Crippen LogP contribution in [0.2, 0.25) is 0 Å². The number of benzene rings is 1. The molecule has 1 aromatic carbocycles. The van der Waals surface area contributed by atoms with E-state index in [9.17, 15) is 23.3 Å². The van der Waals surface area contributed by atoms with Crippen molar-refractivity contribution in [3.63, 3.8) is 0 Å². The molecule has 1 aliphatic carbocycles. The summed E-state index contributed by atoms with van der Waals surface area (Å²) < 4.78 is 27.4. The van der Waals surface area contributed by atoms with Gasteiger partial charge in [0.25, 0.3) is 21.6 Å². The van der Waals surface area contributed by atoms with E-state index >= 15 is 0 Å². The number of nitrogens with one attached hydrogen (secondary N) is 1. The number of fused-ring (bicyclic) bond motifs is 1. The highest BCUT2D eigenvalue weighted by Crippen LogP contribution is 2.40. The third-order valence-corrected chi connectivity index (χ3v) is 6.48. The van der Waals surface area contributed by atoms with Crippen LogP contribution in [-0.2, 0) is 22.9 Å². The Bertz CT molecular complexity index is 949. The lowest BCUT2D eigenvalue weighted by Gasteiger charge is -2.08. The molecule has 24 heavy (non-hydrogen) atoms. The molecule has 0 atom stereocenters. The lowest BCUT2D eigenvalue weighted by molar-refractivity contribution is -0.387. The number of nitro groups is 1. The number of nitro benzene ring substituents is 1. The van der Waals surface area contributed by atoms with Gasteiger partial charge in [-0.2, -0.15) is 0 Å². The minimum Gasteiger partial charge on any atom is -0.365 e.